The Morgan fingerprint density at radius 1 is 1.07 bits per heavy atom. The SMILES string of the molecule is COC(=O)C1C(CC(C)C)CC(O)(C(F)(F)F)N(C(=O)OC)C1(O)C(F)(F)F. The van der Waals surface area contributed by atoms with E-state index in [1.54, 1.807) is 0 Å². The van der Waals surface area contributed by atoms with Crippen molar-refractivity contribution in [2.75, 3.05) is 14.2 Å². The van der Waals surface area contributed by atoms with Crippen LogP contribution in [0.2, 0.25) is 0 Å². The molecule has 164 valence electrons. The number of carbonyl (C=O) groups is 2. The van der Waals surface area contributed by atoms with Gasteiger partial charge in [-0.25, -0.2) is 9.69 Å². The van der Waals surface area contributed by atoms with E-state index in [0.29, 0.717) is 14.2 Å². The van der Waals surface area contributed by atoms with Gasteiger partial charge in [-0.05, 0) is 18.3 Å². The topological polar surface area (TPSA) is 96.3 Å². The molecule has 1 fully saturated rings. The lowest BCUT2D eigenvalue weighted by Gasteiger charge is -2.56. The highest BCUT2D eigenvalue weighted by atomic mass is 19.4. The molecule has 4 unspecified atom stereocenters. The monoisotopic (exact) mass is 425 g/mol. The lowest BCUT2D eigenvalue weighted by Crippen LogP contribution is -2.80. The summed E-state index contributed by atoms with van der Waals surface area (Å²) in [6, 6.07) is 0. The lowest BCUT2D eigenvalue weighted by molar-refractivity contribution is -0.422. The van der Waals surface area contributed by atoms with E-state index in [1.807, 2.05) is 0 Å². The molecule has 0 saturated carbocycles. The number of hydrogen-bond acceptors (Lipinski definition) is 6. The first-order chi connectivity index (χ1) is 12.5. The first-order valence-electron chi connectivity index (χ1n) is 8.03. The van der Waals surface area contributed by atoms with Crippen LogP contribution in [0.3, 0.4) is 0 Å². The number of ether oxygens (including phenoxy) is 2. The fraction of sp³-hybridized carbons (Fsp3) is 0.867. The molecule has 1 aliphatic heterocycles. The third-order valence-corrected chi connectivity index (χ3v) is 4.62. The molecule has 0 aliphatic carbocycles. The molecule has 1 amide bonds. The van der Waals surface area contributed by atoms with Gasteiger partial charge in [0.1, 0.15) is 5.92 Å². The molecule has 7 nitrogen and oxygen atoms in total. The summed E-state index contributed by atoms with van der Waals surface area (Å²) in [5, 5.41) is 20.7. The minimum absolute atomic E-state index is 0.411. The van der Waals surface area contributed by atoms with E-state index >= 15 is 0 Å². The maximum atomic E-state index is 13.9. The summed E-state index contributed by atoms with van der Waals surface area (Å²) in [6.07, 6.45) is -16.0. The van der Waals surface area contributed by atoms with E-state index in [-0.39, 0.29) is 0 Å². The van der Waals surface area contributed by atoms with Crippen LogP contribution >= 0.6 is 0 Å². The van der Waals surface area contributed by atoms with Crippen molar-refractivity contribution in [2.45, 2.75) is 50.5 Å². The fourth-order valence-corrected chi connectivity index (χ4v) is 3.56. The smallest absolute Gasteiger partial charge is 0.437 e. The Balaban J connectivity index is 3.91. The lowest BCUT2D eigenvalue weighted by atomic mass is 9.69. The van der Waals surface area contributed by atoms with Gasteiger partial charge in [0.05, 0.1) is 14.2 Å². The highest BCUT2D eigenvalue weighted by molar-refractivity contribution is 5.77. The maximum absolute atomic E-state index is 13.9. The second-order valence-electron chi connectivity index (χ2n) is 6.94. The second kappa shape index (κ2) is 7.58. The first-order valence-corrected chi connectivity index (χ1v) is 8.03. The normalized spacial score (nSPS) is 31.7. The van der Waals surface area contributed by atoms with Crippen LogP contribution in [0, 0.1) is 17.8 Å². The van der Waals surface area contributed by atoms with E-state index in [9.17, 15) is 46.1 Å². The molecular weight excluding hydrogens is 404 g/mol. The van der Waals surface area contributed by atoms with Crippen molar-refractivity contribution in [3.05, 3.63) is 0 Å². The van der Waals surface area contributed by atoms with Crippen LogP contribution in [0.15, 0.2) is 0 Å². The Hall–Kier alpha value is -1.76. The number of esters is 1. The van der Waals surface area contributed by atoms with Crippen molar-refractivity contribution >= 4 is 12.1 Å². The molecule has 0 radical (unpaired) electrons. The predicted molar refractivity (Wildman–Crippen MR) is 79.3 cm³/mol. The van der Waals surface area contributed by atoms with E-state index in [4.69, 9.17) is 0 Å². The van der Waals surface area contributed by atoms with Crippen LogP contribution in [0.5, 0.6) is 0 Å². The predicted octanol–water partition coefficient (Wildman–Crippen LogP) is 2.41. The van der Waals surface area contributed by atoms with Gasteiger partial charge < -0.3 is 19.7 Å². The average Bonchev–Trinajstić information content (AvgIpc) is 2.51. The number of nitrogens with zero attached hydrogens (tertiary/aromatic N) is 1. The van der Waals surface area contributed by atoms with E-state index < -0.39 is 71.4 Å². The van der Waals surface area contributed by atoms with Crippen molar-refractivity contribution in [1.29, 1.82) is 0 Å². The number of likely N-dealkylation sites (tertiary alicyclic amines) is 1. The molecule has 13 heteroatoms. The largest absolute Gasteiger partial charge is 0.469 e. The Labute approximate surface area is 156 Å². The number of amides is 1. The zero-order chi connectivity index (χ0) is 22.3. The Morgan fingerprint density at radius 3 is 1.89 bits per heavy atom. The van der Waals surface area contributed by atoms with Gasteiger partial charge in [0.25, 0.3) is 5.72 Å². The molecule has 1 saturated heterocycles. The number of piperidine rings is 1. The fourth-order valence-electron chi connectivity index (χ4n) is 3.56. The van der Waals surface area contributed by atoms with Crippen molar-refractivity contribution in [1.82, 2.24) is 4.90 Å². The van der Waals surface area contributed by atoms with Gasteiger partial charge in [0.15, 0.2) is 0 Å². The molecule has 28 heavy (non-hydrogen) atoms. The molecule has 2 N–H and O–H groups in total. The minimum Gasteiger partial charge on any atom is -0.469 e. The number of rotatable bonds is 3. The second-order valence-corrected chi connectivity index (χ2v) is 6.94. The van der Waals surface area contributed by atoms with Gasteiger partial charge >= 0.3 is 24.4 Å². The van der Waals surface area contributed by atoms with E-state index in [0.717, 1.165) is 0 Å². The number of carbonyl (C=O) groups excluding carboxylic acids is 2. The molecule has 0 bridgehead atoms. The van der Waals surface area contributed by atoms with Gasteiger partial charge in [0.2, 0.25) is 5.72 Å². The molecule has 4 atom stereocenters. The van der Waals surface area contributed by atoms with Crippen LogP contribution in [0.4, 0.5) is 31.1 Å². The van der Waals surface area contributed by atoms with Gasteiger partial charge in [-0.1, -0.05) is 13.8 Å². The molecular formula is C15H21F6NO6. The summed E-state index contributed by atoms with van der Waals surface area (Å²) < 4.78 is 90.7. The Morgan fingerprint density at radius 2 is 1.57 bits per heavy atom. The molecule has 0 aromatic carbocycles. The standard InChI is InChI=1S/C15H21F6NO6/c1-7(2)5-8-6-12(25,14(16,17)18)22(11(24)28-4)13(26,15(19,20)21)9(8)10(23)27-3/h7-9,25-26H,5-6H2,1-4H3. The van der Waals surface area contributed by atoms with Crippen LogP contribution < -0.4 is 0 Å². The third-order valence-electron chi connectivity index (χ3n) is 4.62. The van der Waals surface area contributed by atoms with Gasteiger partial charge in [0, 0.05) is 6.42 Å². The summed E-state index contributed by atoms with van der Waals surface area (Å²) in [7, 11) is 1.14. The molecule has 0 aromatic heterocycles. The van der Waals surface area contributed by atoms with E-state index in [2.05, 4.69) is 9.47 Å². The van der Waals surface area contributed by atoms with Crippen LogP contribution in [-0.4, -0.2) is 65.2 Å². The van der Waals surface area contributed by atoms with Gasteiger partial charge in [-0.2, -0.15) is 26.3 Å². The summed E-state index contributed by atoms with van der Waals surface area (Å²) in [6.45, 7) is 2.92. The number of halogens is 6. The minimum atomic E-state index is -5.98. The molecule has 1 rings (SSSR count). The molecule has 0 spiro atoms. The highest BCUT2D eigenvalue weighted by Gasteiger charge is 2.79. The molecule has 1 aliphatic rings. The first kappa shape index (κ1) is 24.3. The number of hydrogen-bond donors (Lipinski definition) is 2. The summed E-state index contributed by atoms with van der Waals surface area (Å²) >= 11 is 0. The zero-order valence-corrected chi connectivity index (χ0v) is 15.4. The Bertz CT molecular complexity index is 609. The number of methoxy groups -OCH3 is 2. The summed E-state index contributed by atoms with van der Waals surface area (Å²) in [5.41, 5.74) is -9.19. The Kier molecular flexibility index (Phi) is 6.57. The highest BCUT2D eigenvalue weighted by Crippen LogP contribution is 2.56. The maximum Gasteiger partial charge on any atom is 0.437 e. The van der Waals surface area contributed by atoms with Crippen LogP contribution in [0.1, 0.15) is 26.7 Å². The van der Waals surface area contributed by atoms with Crippen LogP contribution in [-0.2, 0) is 14.3 Å². The quantitative estimate of drug-likeness (QED) is 0.533. The van der Waals surface area contributed by atoms with Gasteiger partial charge in [-0.3, -0.25) is 4.79 Å². The summed E-state index contributed by atoms with van der Waals surface area (Å²) in [4.78, 5) is 22.8. The zero-order valence-electron chi connectivity index (χ0n) is 15.4. The molecule has 0 aromatic rings. The molecule has 1 heterocycles. The number of alkyl halides is 6. The van der Waals surface area contributed by atoms with Crippen molar-refractivity contribution in [3.8, 4) is 0 Å². The van der Waals surface area contributed by atoms with Crippen molar-refractivity contribution in [2.24, 2.45) is 17.8 Å². The van der Waals surface area contributed by atoms with Crippen LogP contribution in [0.25, 0.3) is 0 Å². The van der Waals surface area contributed by atoms with E-state index in [1.165, 1.54) is 13.8 Å². The van der Waals surface area contributed by atoms with Crippen molar-refractivity contribution < 1.29 is 55.6 Å². The summed E-state index contributed by atoms with van der Waals surface area (Å²) in [5.74, 6) is -6.69. The third kappa shape index (κ3) is 3.73. The van der Waals surface area contributed by atoms with Gasteiger partial charge in [-0.15, -0.1) is 0 Å². The number of aliphatic hydroxyl groups is 2. The van der Waals surface area contributed by atoms with Crippen molar-refractivity contribution in [3.63, 3.8) is 0 Å². The average molecular weight is 425 g/mol.